The fourth-order valence-corrected chi connectivity index (χ4v) is 5.19. The van der Waals surface area contributed by atoms with Crippen molar-refractivity contribution in [3.8, 4) is 17.2 Å². The predicted octanol–water partition coefficient (Wildman–Crippen LogP) is 6.90. The molecule has 0 bridgehead atoms. The maximum absolute atomic E-state index is 12.8. The van der Waals surface area contributed by atoms with E-state index in [1.54, 1.807) is 18.2 Å². The van der Waals surface area contributed by atoms with E-state index in [2.05, 4.69) is 36.1 Å². The van der Waals surface area contributed by atoms with Gasteiger partial charge in [-0.05, 0) is 72.5 Å². The average Bonchev–Trinajstić information content (AvgIpc) is 3.30. The van der Waals surface area contributed by atoms with Gasteiger partial charge >= 0.3 is 0 Å². The van der Waals surface area contributed by atoms with Gasteiger partial charge in [-0.25, -0.2) is 0 Å². The van der Waals surface area contributed by atoms with Crippen LogP contribution in [0.5, 0.6) is 17.2 Å². The lowest BCUT2D eigenvalue weighted by molar-refractivity contribution is -0.114. The van der Waals surface area contributed by atoms with Crippen LogP contribution in [0.1, 0.15) is 57.2 Å². The first kappa shape index (κ1) is 28.7. The molecule has 2 heterocycles. The van der Waals surface area contributed by atoms with E-state index in [0.717, 1.165) is 21.9 Å². The number of amides is 1. The third-order valence-electron chi connectivity index (χ3n) is 5.99. The Balaban J connectivity index is 1.51. The fourth-order valence-electron chi connectivity index (χ4n) is 4.02. The summed E-state index contributed by atoms with van der Waals surface area (Å²) in [5.41, 5.74) is 2.97. The highest BCUT2D eigenvalue weighted by molar-refractivity contribution is 8.27. The van der Waals surface area contributed by atoms with Crippen LogP contribution in [0, 0.1) is 18.3 Å². The Morgan fingerprint density at radius 2 is 1.79 bits per heavy atom. The molecule has 0 aliphatic carbocycles. The largest absolute Gasteiger partial charge is 0.490 e. The van der Waals surface area contributed by atoms with Gasteiger partial charge in [0.1, 0.15) is 24.0 Å². The molecule has 1 N–H and O–H groups in total. The van der Waals surface area contributed by atoms with Crippen molar-refractivity contribution < 1.29 is 19.0 Å². The van der Waals surface area contributed by atoms with E-state index in [-0.39, 0.29) is 23.9 Å². The van der Waals surface area contributed by atoms with E-state index in [0.29, 0.717) is 46.4 Å². The number of rotatable bonds is 10. The first-order valence-electron chi connectivity index (χ1n) is 12.9. The Labute approximate surface area is 238 Å². The quantitative estimate of drug-likeness (QED) is 0.247. The predicted molar refractivity (Wildman–Crippen MR) is 159 cm³/mol. The summed E-state index contributed by atoms with van der Waals surface area (Å²) in [7, 11) is 0. The molecule has 0 unspecified atom stereocenters. The average molecular weight is 569 g/mol. The van der Waals surface area contributed by atoms with Crippen LogP contribution in [-0.2, 0) is 4.79 Å². The normalized spacial score (nSPS) is 16.1. The monoisotopic (exact) mass is 568 g/mol. The molecule has 2 aliphatic heterocycles. The molecule has 0 fully saturated rings. The van der Waals surface area contributed by atoms with Gasteiger partial charge in [0.2, 0.25) is 5.17 Å². The van der Waals surface area contributed by atoms with Gasteiger partial charge in [0.25, 0.3) is 5.91 Å². The van der Waals surface area contributed by atoms with E-state index in [1.807, 2.05) is 33.8 Å². The van der Waals surface area contributed by atoms with Gasteiger partial charge in [0, 0.05) is 5.92 Å². The molecule has 0 saturated heterocycles. The highest BCUT2D eigenvalue weighted by atomic mass is 35.5. The molecular formula is C29H33ClN4O4S. The lowest BCUT2D eigenvalue weighted by Gasteiger charge is -2.20. The zero-order chi connectivity index (χ0) is 28.3. The van der Waals surface area contributed by atoms with Gasteiger partial charge < -0.3 is 14.2 Å². The molecule has 10 heteroatoms. The van der Waals surface area contributed by atoms with Crippen molar-refractivity contribution in [1.82, 2.24) is 5.01 Å². The number of ether oxygens (including phenoxy) is 3. The van der Waals surface area contributed by atoms with Gasteiger partial charge in [-0.1, -0.05) is 51.4 Å². The number of hydrogen-bond acceptors (Lipinski definition) is 7. The molecule has 206 valence electrons. The fraction of sp³-hybridized carbons (Fsp3) is 0.379. The number of halogens is 1. The minimum atomic E-state index is -0.498. The Bertz CT molecular complexity index is 1380. The first-order chi connectivity index (χ1) is 18.6. The maximum Gasteiger partial charge on any atom is 0.283 e. The second-order valence-corrected chi connectivity index (χ2v) is 11.2. The minimum Gasteiger partial charge on any atom is -0.490 e. The van der Waals surface area contributed by atoms with Crippen LogP contribution in [0.3, 0.4) is 0 Å². The number of amidine groups is 2. The molecule has 2 aromatic carbocycles. The van der Waals surface area contributed by atoms with Crippen LogP contribution < -0.4 is 14.2 Å². The van der Waals surface area contributed by atoms with Crippen LogP contribution in [0.4, 0.5) is 0 Å². The number of aliphatic imine (C=N–C) groups is 1. The number of carbonyl (C=O) groups is 1. The second-order valence-electron chi connectivity index (χ2n) is 9.77. The van der Waals surface area contributed by atoms with Gasteiger partial charge in [-0.3, -0.25) is 10.2 Å². The summed E-state index contributed by atoms with van der Waals surface area (Å²) in [6, 6.07) is 9.61. The van der Waals surface area contributed by atoms with Crippen molar-refractivity contribution in [2.45, 2.75) is 47.5 Å². The maximum atomic E-state index is 12.8. The molecule has 4 rings (SSSR count). The van der Waals surface area contributed by atoms with Crippen molar-refractivity contribution in [1.29, 1.82) is 5.41 Å². The van der Waals surface area contributed by atoms with E-state index < -0.39 is 5.91 Å². The molecule has 0 atom stereocenters. The number of fused-ring (bicyclic) bond motifs is 1. The van der Waals surface area contributed by atoms with E-state index in [9.17, 15) is 4.79 Å². The Kier molecular flexibility index (Phi) is 9.02. The van der Waals surface area contributed by atoms with Crippen molar-refractivity contribution >= 4 is 51.4 Å². The number of hydrogen-bond donors (Lipinski definition) is 1. The number of thioether (sulfide) groups is 1. The number of nitrogens with one attached hydrogen (secondary N) is 1. The van der Waals surface area contributed by atoms with E-state index in [1.165, 1.54) is 16.8 Å². The first-order valence-corrected chi connectivity index (χ1v) is 14.1. The summed E-state index contributed by atoms with van der Waals surface area (Å²) >= 11 is 7.92. The van der Waals surface area contributed by atoms with E-state index >= 15 is 0 Å². The minimum absolute atomic E-state index is 0.0309. The summed E-state index contributed by atoms with van der Waals surface area (Å²) in [5, 5.41) is 16.0. The molecular weight excluding hydrogens is 536 g/mol. The van der Waals surface area contributed by atoms with Crippen LogP contribution in [0.25, 0.3) is 6.08 Å². The number of nitrogens with zero attached hydrogens (tertiary/aromatic N) is 3. The highest BCUT2D eigenvalue weighted by Gasteiger charge is 2.36. The highest BCUT2D eigenvalue weighted by Crippen LogP contribution is 2.38. The van der Waals surface area contributed by atoms with Gasteiger partial charge in [-0.2, -0.15) is 15.1 Å². The number of aryl methyl sites for hydroxylation is 1. The molecule has 8 nitrogen and oxygen atoms in total. The number of carbonyl (C=O) groups excluding carboxylic acids is 1. The SMILES string of the molecule is CCOc1cc(/C=C2/C(=N)N3N=C(C(C)C)SC3=NC2=O)cc(Cl)c1OCCOc1cc(C)ccc1C(C)C. The van der Waals surface area contributed by atoms with Crippen LogP contribution in [-0.4, -0.2) is 46.8 Å². The number of hydrazone groups is 1. The van der Waals surface area contributed by atoms with Crippen molar-refractivity contribution in [2.24, 2.45) is 16.0 Å². The Morgan fingerprint density at radius 3 is 2.49 bits per heavy atom. The lowest BCUT2D eigenvalue weighted by atomic mass is 10.0. The second kappa shape index (κ2) is 12.3. The Hall–Kier alpha value is -3.30. The van der Waals surface area contributed by atoms with Crippen LogP contribution in [0.2, 0.25) is 5.02 Å². The van der Waals surface area contributed by atoms with Crippen molar-refractivity contribution in [3.63, 3.8) is 0 Å². The molecule has 0 spiro atoms. The van der Waals surface area contributed by atoms with Gasteiger partial charge in [0.05, 0.1) is 17.2 Å². The van der Waals surface area contributed by atoms with Gasteiger partial charge in [-0.15, -0.1) is 0 Å². The molecule has 0 radical (unpaired) electrons. The van der Waals surface area contributed by atoms with E-state index in [4.69, 9.17) is 31.2 Å². The topological polar surface area (TPSA) is 96.6 Å². The summed E-state index contributed by atoms with van der Waals surface area (Å²) in [6.45, 7) is 13.2. The van der Waals surface area contributed by atoms with Crippen LogP contribution >= 0.6 is 23.4 Å². The van der Waals surface area contributed by atoms with Crippen molar-refractivity contribution in [2.75, 3.05) is 19.8 Å². The zero-order valence-electron chi connectivity index (χ0n) is 23.0. The third kappa shape index (κ3) is 6.47. The summed E-state index contributed by atoms with van der Waals surface area (Å²) in [5.74, 6) is 1.65. The summed E-state index contributed by atoms with van der Waals surface area (Å²) in [4.78, 5) is 16.9. The zero-order valence-corrected chi connectivity index (χ0v) is 24.6. The number of benzene rings is 2. The molecule has 0 saturated carbocycles. The van der Waals surface area contributed by atoms with Crippen LogP contribution in [0.15, 0.2) is 46.0 Å². The summed E-state index contributed by atoms with van der Waals surface area (Å²) < 4.78 is 17.8. The molecule has 0 aromatic heterocycles. The standard InChI is InChI=1S/C29H33ClN4O4S/c1-7-36-24-15-19(13-21-26(31)34-29(32-27(21)35)39-28(33-34)17(4)5)14-22(30)25(24)38-11-10-37-23-12-18(6)8-9-20(23)16(2)3/h8-9,12-17,31H,7,10-11H2,1-6H3/b21-13-,31-26?. The molecule has 39 heavy (non-hydrogen) atoms. The third-order valence-corrected chi connectivity index (χ3v) is 7.47. The lowest BCUT2D eigenvalue weighted by Crippen LogP contribution is -2.35. The smallest absolute Gasteiger partial charge is 0.283 e. The molecule has 2 aromatic rings. The van der Waals surface area contributed by atoms with Gasteiger partial charge in [0.15, 0.2) is 17.3 Å². The summed E-state index contributed by atoms with van der Waals surface area (Å²) in [6.07, 6.45) is 1.57. The molecule has 1 amide bonds. The molecule has 2 aliphatic rings. The Morgan fingerprint density at radius 1 is 1.05 bits per heavy atom. The van der Waals surface area contributed by atoms with Crippen molar-refractivity contribution in [3.05, 3.63) is 57.6 Å².